The Kier molecular flexibility index (Phi) is 3.91. The normalized spacial score (nSPS) is 19.5. The van der Waals surface area contributed by atoms with Crippen LogP contribution in [-0.2, 0) is 9.53 Å². The highest BCUT2D eigenvalue weighted by Crippen LogP contribution is 2.29. The third-order valence-corrected chi connectivity index (χ3v) is 3.84. The van der Waals surface area contributed by atoms with Crippen molar-refractivity contribution < 1.29 is 14.3 Å². The highest BCUT2D eigenvalue weighted by molar-refractivity contribution is 5.96. The van der Waals surface area contributed by atoms with Gasteiger partial charge in [-0.05, 0) is 31.1 Å². The molecule has 1 saturated heterocycles. The van der Waals surface area contributed by atoms with Crippen molar-refractivity contribution in [2.75, 3.05) is 18.9 Å². The number of aromatic nitrogens is 1. The number of ketones is 1. The minimum atomic E-state index is -0.359. The number of carbonyl (C=O) groups excluding carboxylic acids is 2. The number of esters is 1. The largest absolute Gasteiger partial charge is 0.456 e. The van der Waals surface area contributed by atoms with Crippen LogP contribution in [0, 0.1) is 0 Å². The summed E-state index contributed by atoms with van der Waals surface area (Å²) in [7, 11) is 0. The minimum absolute atomic E-state index is 0.245. The quantitative estimate of drug-likeness (QED) is 0.666. The number of anilines is 1. The molecular formula is C16H17N3O3. The van der Waals surface area contributed by atoms with E-state index in [0.29, 0.717) is 12.2 Å². The van der Waals surface area contributed by atoms with Gasteiger partial charge in [-0.15, -0.1) is 0 Å². The summed E-state index contributed by atoms with van der Waals surface area (Å²) in [6.07, 6.45) is 9.00. The van der Waals surface area contributed by atoms with E-state index in [1.807, 2.05) is 23.1 Å². The highest BCUT2D eigenvalue weighted by Gasteiger charge is 2.34. The molecule has 1 aromatic heterocycles. The molecule has 1 fully saturated rings. The molecule has 0 bridgehead atoms. The van der Waals surface area contributed by atoms with Gasteiger partial charge in [-0.25, -0.2) is 4.79 Å². The highest BCUT2D eigenvalue weighted by atomic mass is 16.5. The van der Waals surface area contributed by atoms with Crippen LogP contribution in [0.1, 0.15) is 23.3 Å². The Morgan fingerprint density at radius 1 is 1.41 bits per heavy atom. The van der Waals surface area contributed by atoms with E-state index >= 15 is 0 Å². The molecule has 0 aromatic carbocycles. The van der Waals surface area contributed by atoms with Gasteiger partial charge in [-0.2, -0.15) is 0 Å². The summed E-state index contributed by atoms with van der Waals surface area (Å²) in [6.45, 7) is 0.411. The lowest BCUT2D eigenvalue weighted by Gasteiger charge is -2.26. The molecule has 114 valence electrons. The summed E-state index contributed by atoms with van der Waals surface area (Å²) in [5.74, 6) is -0.692. The first kappa shape index (κ1) is 14.3. The van der Waals surface area contributed by atoms with Gasteiger partial charge in [-0.1, -0.05) is 12.2 Å². The minimum Gasteiger partial charge on any atom is -0.456 e. The number of pyridine rings is 1. The number of allylic oxidation sites excluding steroid dienone is 3. The maximum Gasteiger partial charge on any atom is 0.329 e. The second kappa shape index (κ2) is 6.01. The first-order chi connectivity index (χ1) is 10.6. The number of hydrogen-bond donors (Lipinski definition) is 1. The molecule has 6 nitrogen and oxygen atoms in total. The molecule has 0 aliphatic carbocycles. The third kappa shape index (κ3) is 2.86. The zero-order valence-electron chi connectivity index (χ0n) is 12.1. The summed E-state index contributed by atoms with van der Waals surface area (Å²) in [5, 5.41) is 0. The van der Waals surface area contributed by atoms with E-state index in [1.165, 1.54) is 12.3 Å². The van der Waals surface area contributed by atoms with Crippen molar-refractivity contribution in [2.24, 2.45) is 0 Å². The fraction of sp³-hybridized carbons (Fsp3) is 0.312. The lowest BCUT2D eigenvalue weighted by Crippen LogP contribution is -2.38. The lowest BCUT2D eigenvalue weighted by molar-refractivity contribution is -0.147. The van der Waals surface area contributed by atoms with Gasteiger partial charge in [0.15, 0.2) is 6.61 Å². The number of nitrogen functional groups attached to an aromatic ring is 1. The van der Waals surface area contributed by atoms with E-state index in [0.717, 1.165) is 18.5 Å². The number of nitrogens with two attached hydrogens (primary N) is 1. The second-order valence-electron chi connectivity index (χ2n) is 5.30. The smallest absolute Gasteiger partial charge is 0.329 e. The van der Waals surface area contributed by atoms with E-state index in [2.05, 4.69) is 4.98 Å². The molecule has 6 heteroatoms. The van der Waals surface area contributed by atoms with Crippen LogP contribution in [-0.4, -0.2) is 40.8 Å². The Bertz CT molecular complexity index is 649. The first-order valence-electron chi connectivity index (χ1n) is 7.19. The van der Waals surface area contributed by atoms with Crippen molar-refractivity contribution in [1.29, 1.82) is 0 Å². The van der Waals surface area contributed by atoms with Gasteiger partial charge in [0.05, 0.1) is 11.9 Å². The number of nitrogens with zero attached hydrogens (tertiary/aromatic N) is 2. The van der Waals surface area contributed by atoms with Crippen LogP contribution in [0.5, 0.6) is 0 Å². The molecule has 2 aliphatic heterocycles. The summed E-state index contributed by atoms with van der Waals surface area (Å²) in [6, 6.07) is 2.82. The van der Waals surface area contributed by atoms with Crippen molar-refractivity contribution in [2.45, 2.75) is 18.9 Å². The van der Waals surface area contributed by atoms with Crippen LogP contribution in [0.15, 0.2) is 42.3 Å². The van der Waals surface area contributed by atoms with Crippen LogP contribution < -0.4 is 5.73 Å². The molecule has 0 saturated carbocycles. The summed E-state index contributed by atoms with van der Waals surface area (Å²) in [5.41, 5.74) is 7.40. The number of Topliss-reactive ketones (excluding diaryl/α,β-unsaturated/α-hetero) is 1. The van der Waals surface area contributed by atoms with Gasteiger partial charge >= 0.3 is 5.97 Å². The molecule has 2 N–H and O–H groups in total. The number of rotatable bonds is 4. The molecular weight excluding hydrogens is 282 g/mol. The van der Waals surface area contributed by atoms with Crippen LogP contribution in [0.2, 0.25) is 0 Å². The molecule has 22 heavy (non-hydrogen) atoms. The van der Waals surface area contributed by atoms with Crippen molar-refractivity contribution in [1.82, 2.24) is 9.88 Å². The molecule has 2 aliphatic rings. The number of hydrogen-bond acceptors (Lipinski definition) is 6. The van der Waals surface area contributed by atoms with E-state index in [4.69, 9.17) is 10.5 Å². The fourth-order valence-corrected chi connectivity index (χ4v) is 2.68. The fourth-order valence-electron chi connectivity index (χ4n) is 2.68. The first-order valence-corrected chi connectivity index (χ1v) is 7.19. The molecule has 1 unspecified atom stereocenters. The predicted octanol–water partition coefficient (Wildman–Crippen LogP) is 1.31. The number of ether oxygens (including phenoxy) is 1. The van der Waals surface area contributed by atoms with E-state index < -0.39 is 0 Å². The van der Waals surface area contributed by atoms with Gasteiger partial charge in [-0.3, -0.25) is 9.78 Å². The predicted molar refractivity (Wildman–Crippen MR) is 80.9 cm³/mol. The van der Waals surface area contributed by atoms with Gasteiger partial charge in [0.1, 0.15) is 11.7 Å². The SMILES string of the molecule is Nc1ccc(C(=O)COC(=O)C2CCC3=CC=CCN32)nc1. The van der Waals surface area contributed by atoms with Crippen molar-refractivity contribution in [3.8, 4) is 0 Å². The maximum atomic E-state index is 12.2. The molecule has 0 amide bonds. The van der Waals surface area contributed by atoms with Crippen LogP contribution in [0.4, 0.5) is 5.69 Å². The summed E-state index contributed by atoms with van der Waals surface area (Å²) in [4.78, 5) is 30.1. The third-order valence-electron chi connectivity index (χ3n) is 3.84. The lowest BCUT2D eigenvalue weighted by atomic mass is 10.2. The van der Waals surface area contributed by atoms with Crippen LogP contribution >= 0.6 is 0 Å². The zero-order valence-corrected chi connectivity index (χ0v) is 12.1. The number of fused-ring (bicyclic) bond motifs is 1. The van der Waals surface area contributed by atoms with E-state index in [9.17, 15) is 9.59 Å². The van der Waals surface area contributed by atoms with E-state index in [-0.39, 0.29) is 30.1 Å². The number of carbonyl (C=O) groups is 2. The summed E-state index contributed by atoms with van der Waals surface area (Å²) >= 11 is 0. The molecule has 1 aromatic rings. The maximum absolute atomic E-state index is 12.2. The van der Waals surface area contributed by atoms with Gasteiger partial charge in [0, 0.05) is 12.2 Å². The molecule has 3 heterocycles. The van der Waals surface area contributed by atoms with Gasteiger partial charge < -0.3 is 15.4 Å². The Balaban J connectivity index is 1.56. The molecule has 0 spiro atoms. The van der Waals surface area contributed by atoms with Crippen molar-refractivity contribution >= 4 is 17.4 Å². The topological polar surface area (TPSA) is 85.5 Å². The Labute approximate surface area is 128 Å². The molecule has 1 atom stereocenters. The monoisotopic (exact) mass is 299 g/mol. The van der Waals surface area contributed by atoms with Gasteiger partial charge in [0.2, 0.25) is 5.78 Å². The molecule has 3 rings (SSSR count). The molecule has 0 radical (unpaired) electrons. The van der Waals surface area contributed by atoms with Crippen LogP contribution in [0.3, 0.4) is 0 Å². The second-order valence-corrected chi connectivity index (χ2v) is 5.30. The van der Waals surface area contributed by atoms with Gasteiger partial charge in [0.25, 0.3) is 0 Å². The van der Waals surface area contributed by atoms with Crippen LogP contribution in [0.25, 0.3) is 0 Å². The zero-order chi connectivity index (χ0) is 15.5. The summed E-state index contributed by atoms with van der Waals surface area (Å²) < 4.78 is 5.17. The Morgan fingerprint density at radius 2 is 2.27 bits per heavy atom. The standard InChI is InChI=1S/C16H17N3O3/c17-11-4-6-13(18-9-11)15(20)10-22-16(21)14-7-5-12-3-1-2-8-19(12)14/h1-4,6,9,14H,5,7-8,10,17H2. The Hall–Kier alpha value is -2.63. The Morgan fingerprint density at radius 3 is 3.05 bits per heavy atom. The van der Waals surface area contributed by atoms with Crippen molar-refractivity contribution in [3.63, 3.8) is 0 Å². The average molecular weight is 299 g/mol. The van der Waals surface area contributed by atoms with Crippen molar-refractivity contribution in [3.05, 3.63) is 47.9 Å². The van der Waals surface area contributed by atoms with E-state index in [1.54, 1.807) is 6.07 Å². The average Bonchev–Trinajstić information content (AvgIpc) is 2.97.